The summed E-state index contributed by atoms with van der Waals surface area (Å²) in [6.07, 6.45) is 2.95. The third-order valence-corrected chi connectivity index (χ3v) is 5.41. The molecule has 1 heterocycles. The van der Waals surface area contributed by atoms with Gasteiger partial charge in [-0.3, -0.25) is 9.59 Å². The second kappa shape index (κ2) is 6.24. The summed E-state index contributed by atoms with van der Waals surface area (Å²) in [5, 5.41) is 2.99. The number of aryl methyl sites for hydroxylation is 1. The second-order valence-electron chi connectivity index (χ2n) is 7.19. The summed E-state index contributed by atoms with van der Waals surface area (Å²) < 4.78 is 13.2. The van der Waals surface area contributed by atoms with Crippen LogP contribution in [0, 0.1) is 12.7 Å². The van der Waals surface area contributed by atoms with Crippen molar-refractivity contribution in [1.82, 2.24) is 0 Å². The van der Waals surface area contributed by atoms with E-state index in [0.717, 1.165) is 42.6 Å². The summed E-state index contributed by atoms with van der Waals surface area (Å²) in [4.78, 5) is 26.7. The molecule has 1 aliphatic carbocycles. The van der Waals surface area contributed by atoms with Crippen LogP contribution in [0.4, 0.5) is 15.8 Å². The number of nitrogens with one attached hydrogen (secondary N) is 1. The molecule has 0 bridgehead atoms. The highest BCUT2D eigenvalue weighted by Gasteiger charge is 2.51. The van der Waals surface area contributed by atoms with Crippen LogP contribution < -0.4 is 10.2 Å². The molecule has 4 nitrogen and oxygen atoms in total. The minimum Gasteiger partial charge on any atom is -0.325 e. The predicted molar refractivity (Wildman–Crippen MR) is 98.7 cm³/mol. The SMILES string of the molecule is Cc1ccc(NC(=O)C2(c3ccc(F)cc3)CC2)cc1N1CCCC1=O. The van der Waals surface area contributed by atoms with E-state index >= 15 is 0 Å². The molecule has 2 amide bonds. The zero-order valence-electron chi connectivity index (χ0n) is 14.7. The Morgan fingerprint density at radius 1 is 1.15 bits per heavy atom. The van der Waals surface area contributed by atoms with Gasteiger partial charge in [0.2, 0.25) is 11.8 Å². The molecule has 5 heteroatoms. The lowest BCUT2D eigenvalue weighted by molar-refractivity contribution is -0.118. The van der Waals surface area contributed by atoms with E-state index in [1.54, 1.807) is 17.0 Å². The van der Waals surface area contributed by atoms with Gasteiger partial charge in [-0.05, 0) is 61.6 Å². The fraction of sp³-hybridized carbons (Fsp3) is 0.333. The molecular formula is C21H21FN2O2. The van der Waals surface area contributed by atoms with E-state index in [-0.39, 0.29) is 17.6 Å². The van der Waals surface area contributed by atoms with Gasteiger partial charge in [0.25, 0.3) is 0 Å². The number of amides is 2. The van der Waals surface area contributed by atoms with Gasteiger partial charge in [0.1, 0.15) is 5.82 Å². The van der Waals surface area contributed by atoms with Crippen LogP contribution in [0.1, 0.15) is 36.8 Å². The molecular weight excluding hydrogens is 331 g/mol. The molecule has 0 unspecified atom stereocenters. The third-order valence-electron chi connectivity index (χ3n) is 5.41. The van der Waals surface area contributed by atoms with E-state index in [1.165, 1.54) is 12.1 Å². The van der Waals surface area contributed by atoms with Crippen LogP contribution >= 0.6 is 0 Å². The largest absolute Gasteiger partial charge is 0.325 e. The Morgan fingerprint density at radius 3 is 2.50 bits per heavy atom. The van der Waals surface area contributed by atoms with Crippen LogP contribution in [0.3, 0.4) is 0 Å². The molecule has 2 aromatic rings. The van der Waals surface area contributed by atoms with Crippen molar-refractivity contribution in [2.75, 3.05) is 16.8 Å². The van der Waals surface area contributed by atoms with Crippen molar-refractivity contribution in [2.45, 2.75) is 38.0 Å². The Hall–Kier alpha value is -2.69. The maximum atomic E-state index is 13.2. The van der Waals surface area contributed by atoms with Crippen molar-refractivity contribution in [1.29, 1.82) is 0 Å². The molecule has 134 valence electrons. The van der Waals surface area contributed by atoms with Crippen molar-refractivity contribution < 1.29 is 14.0 Å². The number of carbonyl (C=O) groups excluding carboxylic acids is 2. The smallest absolute Gasteiger partial charge is 0.235 e. The number of rotatable bonds is 4. The third kappa shape index (κ3) is 2.87. The number of halogens is 1. The van der Waals surface area contributed by atoms with Crippen LogP contribution in [0.5, 0.6) is 0 Å². The van der Waals surface area contributed by atoms with Gasteiger partial charge in [0.05, 0.1) is 5.41 Å². The minimum absolute atomic E-state index is 0.0772. The summed E-state index contributed by atoms with van der Waals surface area (Å²) >= 11 is 0. The molecule has 1 saturated carbocycles. The number of nitrogens with zero attached hydrogens (tertiary/aromatic N) is 1. The van der Waals surface area contributed by atoms with E-state index < -0.39 is 5.41 Å². The molecule has 0 spiro atoms. The molecule has 2 fully saturated rings. The highest BCUT2D eigenvalue weighted by atomic mass is 19.1. The van der Waals surface area contributed by atoms with E-state index in [1.807, 2.05) is 25.1 Å². The Balaban J connectivity index is 1.56. The first kappa shape index (κ1) is 16.8. The molecule has 26 heavy (non-hydrogen) atoms. The monoisotopic (exact) mass is 352 g/mol. The zero-order valence-corrected chi connectivity index (χ0v) is 14.7. The standard InChI is InChI=1S/C21H21FN2O2/c1-14-4-9-17(13-18(14)24-12-2-3-19(24)25)23-20(26)21(10-11-21)15-5-7-16(22)8-6-15/h4-9,13H,2-3,10-12H2,1H3,(H,23,26). The first-order chi connectivity index (χ1) is 12.5. The number of hydrogen-bond donors (Lipinski definition) is 1. The molecule has 1 N–H and O–H groups in total. The van der Waals surface area contributed by atoms with Gasteiger partial charge < -0.3 is 10.2 Å². The maximum Gasteiger partial charge on any atom is 0.235 e. The van der Waals surface area contributed by atoms with Crippen LogP contribution in [-0.2, 0) is 15.0 Å². The molecule has 1 aliphatic heterocycles. The fourth-order valence-corrected chi connectivity index (χ4v) is 3.67. The zero-order chi connectivity index (χ0) is 18.3. The summed E-state index contributed by atoms with van der Waals surface area (Å²) in [5.74, 6) is -0.253. The molecule has 1 saturated heterocycles. The number of benzene rings is 2. The van der Waals surface area contributed by atoms with Gasteiger partial charge in [-0.1, -0.05) is 18.2 Å². The second-order valence-corrected chi connectivity index (χ2v) is 7.19. The van der Waals surface area contributed by atoms with Crippen molar-refractivity contribution in [3.05, 3.63) is 59.4 Å². The summed E-state index contributed by atoms with van der Waals surface area (Å²) in [7, 11) is 0. The van der Waals surface area contributed by atoms with Crippen LogP contribution in [0.25, 0.3) is 0 Å². The van der Waals surface area contributed by atoms with Gasteiger partial charge in [-0.2, -0.15) is 0 Å². The summed E-state index contributed by atoms with van der Waals surface area (Å²) in [6, 6.07) is 11.8. The summed E-state index contributed by atoms with van der Waals surface area (Å²) in [6.45, 7) is 2.68. The normalized spacial score (nSPS) is 18.1. The summed E-state index contributed by atoms with van der Waals surface area (Å²) in [5.41, 5.74) is 2.83. The fourth-order valence-electron chi connectivity index (χ4n) is 3.67. The van der Waals surface area contributed by atoms with Gasteiger partial charge >= 0.3 is 0 Å². The molecule has 0 aromatic heterocycles. The van der Waals surface area contributed by atoms with Crippen molar-refractivity contribution >= 4 is 23.2 Å². The number of anilines is 2. The highest BCUT2D eigenvalue weighted by Crippen LogP contribution is 2.49. The van der Waals surface area contributed by atoms with E-state index in [2.05, 4.69) is 5.32 Å². The van der Waals surface area contributed by atoms with E-state index in [0.29, 0.717) is 12.1 Å². The van der Waals surface area contributed by atoms with Crippen LogP contribution in [-0.4, -0.2) is 18.4 Å². The average Bonchev–Trinajstić information content (AvgIpc) is 3.33. The lowest BCUT2D eigenvalue weighted by atomic mass is 9.95. The molecule has 0 radical (unpaired) electrons. The molecule has 0 atom stereocenters. The van der Waals surface area contributed by atoms with Gasteiger partial charge in [-0.25, -0.2) is 4.39 Å². The van der Waals surface area contributed by atoms with Crippen molar-refractivity contribution in [3.63, 3.8) is 0 Å². The first-order valence-corrected chi connectivity index (χ1v) is 8.98. The maximum absolute atomic E-state index is 13.2. The van der Waals surface area contributed by atoms with Gasteiger partial charge in [-0.15, -0.1) is 0 Å². The number of hydrogen-bond acceptors (Lipinski definition) is 2. The topological polar surface area (TPSA) is 49.4 Å². The van der Waals surface area contributed by atoms with Crippen molar-refractivity contribution in [3.8, 4) is 0 Å². The molecule has 2 aliphatic rings. The van der Waals surface area contributed by atoms with Crippen molar-refractivity contribution in [2.24, 2.45) is 0 Å². The molecule has 2 aromatic carbocycles. The van der Waals surface area contributed by atoms with Crippen LogP contribution in [0.2, 0.25) is 0 Å². The molecule has 4 rings (SSSR count). The minimum atomic E-state index is -0.567. The quantitative estimate of drug-likeness (QED) is 0.906. The van der Waals surface area contributed by atoms with Crippen LogP contribution in [0.15, 0.2) is 42.5 Å². The van der Waals surface area contributed by atoms with Gasteiger partial charge in [0, 0.05) is 24.3 Å². The Morgan fingerprint density at radius 2 is 1.88 bits per heavy atom. The van der Waals surface area contributed by atoms with E-state index in [4.69, 9.17) is 0 Å². The lowest BCUT2D eigenvalue weighted by Crippen LogP contribution is -2.28. The van der Waals surface area contributed by atoms with Gasteiger partial charge in [0.15, 0.2) is 0 Å². The average molecular weight is 352 g/mol. The first-order valence-electron chi connectivity index (χ1n) is 8.98. The lowest BCUT2D eigenvalue weighted by Gasteiger charge is -2.21. The Labute approximate surface area is 152 Å². The highest BCUT2D eigenvalue weighted by molar-refractivity contribution is 6.02. The Bertz CT molecular complexity index is 872. The Kier molecular flexibility index (Phi) is 4.02. The number of carbonyl (C=O) groups is 2. The predicted octanol–water partition coefficient (Wildman–Crippen LogP) is 3.93. The van der Waals surface area contributed by atoms with E-state index in [9.17, 15) is 14.0 Å².